The van der Waals surface area contributed by atoms with E-state index in [1.165, 1.54) is 0 Å². The third-order valence-electron chi connectivity index (χ3n) is 4.24. The number of imidazole rings is 1. The number of hydrogen-bond acceptors (Lipinski definition) is 3. The predicted octanol–water partition coefficient (Wildman–Crippen LogP) is 2.86. The van der Waals surface area contributed by atoms with Crippen LogP contribution in [0.3, 0.4) is 0 Å². The number of nitrogens with zero attached hydrogens (tertiary/aromatic N) is 2. The summed E-state index contributed by atoms with van der Waals surface area (Å²) < 4.78 is 1.90. The minimum Gasteiger partial charge on any atom is -0.349 e. The van der Waals surface area contributed by atoms with E-state index < -0.39 is 0 Å². The molecule has 0 unspecified atom stereocenters. The Hall–Kier alpha value is -2.63. The molecule has 0 atom stereocenters. The fourth-order valence-electron chi connectivity index (χ4n) is 2.99. The van der Waals surface area contributed by atoms with E-state index in [0.29, 0.717) is 24.0 Å². The highest BCUT2D eigenvalue weighted by molar-refractivity contribution is 6.05. The first-order valence-electron chi connectivity index (χ1n) is 8.80. The van der Waals surface area contributed by atoms with Crippen LogP contribution in [0.15, 0.2) is 30.3 Å². The molecule has 0 saturated carbocycles. The molecule has 132 valence electrons. The van der Waals surface area contributed by atoms with Crippen molar-refractivity contribution < 1.29 is 9.59 Å². The molecule has 3 rings (SSSR count). The highest BCUT2D eigenvalue weighted by Crippen LogP contribution is 2.22. The van der Waals surface area contributed by atoms with Crippen LogP contribution in [-0.4, -0.2) is 27.9 Å². The molecule has 0 bridgehead atoms. The maximum absolute atomic E-state index is 12.7. The lowest BCUT2D eigenvalue weighted by molar-refractivity contribution is 0.0933. The number of aromatic nitrogens is 2. The highest BCUT2D eigenvalue weighted by Gasteiger charge is 2.27. The first-order chi connectivity index (χ1) is 12.1. The number of amides is 2. The number of rotatable bonds is 5. The molecule has 2 aromatic rings. The Balaban J connectivity index is 1.86. The quantitative estimate of drug-likeness (QED) is 0.879. The molecule has 1 aromatic heterocycles. The summed E-state index contributed by atoms with van der Waals surface area (Å²) in [5.74, 6) is 0.226. The van der Waals surface area contributed by atoms with Gasteiger partial charge < -0.3 is 15.2 Å². The zero-order valence-electron chi connectivity index (χ0n) is 14.7. The van der Waals surface area contributed by atoms with Crippen molar-refractivity contribution in [1.82, 2.24) is 14.9 Å². The molecule has 0 fully saturated rings. The number of fused-ring (bicyclic) bond motifs is 1. The van der Waals surface area contributed by atoms with Gasteiger partial charge in [-0.3, -0.25) is 9.59 Å². The summed E-state index contributed by atoms with van der Waals surface area (Å²) in [6.07, 6.45) is 2.76. The van der Waals surface area contributed by atoms with Gasteiger partial charge in [-0.15, -0.1) is 0 Å². The molecule has 1 aliphatic heterocycles. The van der Waals surface area contributed by atoms with Crippen molar-refractivity contribution in [2.45, 2.75) is 39.7 Å². The second kappa shape index (κ2) is 7.51. The standard InChI is InChI=1S/C19H24N4O2/c1-13(2)12-20-19(25)17-22-16(15-10-6-7-11-23(15)17)18(24)21-14-8-4-3-5-9-14/h3-5,8-9,13H,6-7,10-12H2,1-2H3,(H,20,25)(H,21,24). The van der Waals surface area contributed by atoms with Crippen molar-refractivity contribution in [3.05, 3.63) is 47.5 Å². The van der Waals surface area contributed by atoms with Crippen molar-refractivity contribution in [2.75, 3.05) is 11.9 Å². The van der Waals surface area contributed by atoms with Gasteiger partial charge in [0.25, 0.3) is 11.8 Å². The van der Waals surface area contributed by atoms with E-state index >= 15 is 0 Å². The van der Waals surface area contributed by atoms with Crippen LogP contribution >= 0.6 is 0 Å². The van der Waals surface area contributed by atoms with Crippen molar-refractivity contribution in [3.8, 4) is 0 Å². The fraction of sp³-hybridized carbons (Fsp3) is 0.421. The van der Waals surface area contributed by atoms with Crippen LogP contribution in [-0.2, 0) is 13.0 Å². The molecule has 6 nitrogen and oxygen atoms in total. The molecular formula is C19H24N4O2. The first kappa shape index (κ1) is 17.2. The van der Waals surface area contributed by atoms with Crippen molar-refractivity contribution in [3.63, 3.8) is 0 Å². The van der Waals surface area contributed by atoms with Crippen LogP contribution < -0.4 is 10.6 Å². The van der Waals surface area contributed by atoms with Crippen molar-refractivity contribution in [1.29, 1.82) is 0 Å². The van der Waals surface area contributed by atoms with Crippen LogP contribution in [0.4, 0.5) is 5.69 Å². The molecule has 2 amide bonds. The van der Waals surface area contributed by atoms with Crippen LogP contribution in [0.5, 0.6) is 0 Å². The molecule has 2 heterocycles. The normalized spacial score (nSPS) is 13.4. The van der Waals surface area contributed by atoms with Gasteiger partial charge in [-0.05, 0) is 37.3 Å². The van der Waals surface area contributed by atoms with Gasteiger partial charge in [-0.2, -0.15) is 0 Å². The SMILES string of the molecule is CC(C)CNC(=O)c1nc(C(=O)Nc2ccccc2)c2n1CCCC2. The molecule has 25 heavy (non-hydrogen) atoms. The molecule has 0 spiro atoms. The number of carbonyl (C=O) groups is 2. The van der Waals surface area contributed by atoms with Crippen LogP contribution in [0.25, 0.3) is 0 Å². The Morgan fingerprint density at radius 3 is 2.64 bits per heavy atom. The maximum atomic E-state index is 12.7. The van der Waals surface area contributed by atoms with Gasteiger partial charge >= 0.3 is 0 Å². The lowest BCUT2D eigenvalue weighted by atomic mass is 10.1. The monoisotopic (exact) mass is 340 g/mol. The lowest BCUT2D eigenvalue weighted by Gasteiger charge is -2.17. The summed E-state index contributed by atoms with van der Waals surface area (Å²) in [5.41, 5.74) is 1.93. The number of benzene rings is 1. The number of para-hydroxylation sites is 1. The Kier molecular flexibility index (Phi) is 5.16. The zero-order valence-corrected chi connectivity index (χ0v) is 14.7. The smallest absolute Gasteiger partial charge is 0.287 e. The maximum Gasteiger partial charge on any atom is 0.287 e. The summed E-state index contributed by atoms with van der Waals surface area (Å²) in [6, 6.07) is 9.28. The van der Waals surface area contributed by atoms with Gasteiger partial charge in [0.1, 0.15) is 0 Å². The molecule has 0 radical (unpaired) electrons. The number of nitrogens with one attached hydrogen (secondary N) is 2. The largest absolute Gasteiger partial charge is 0.349 e. The Morgan fingerprint density at radius 1 is 1.16 bits per heavy atom. The minimum absolute atomic E-state index is 0.212. The molecule has 0 saturated heterocycles. The summed E-state index contributed by atoms with van der Waals surface area (Å²) in [7, 11) is 0. The summed E-state index contributed by atoms with van der Waals surface area (Å²) in [5, 5.41) is 5.76. The molecule has 6 heteroatoms. The number of hydrogen-bond donors (Lipinski definition) is 2. The van der Waals surface area contributed by atoms with E-state index in [9.17, 15) is 9.59 Å². The van der Waals surface area contributed by atoms with Crippen LogP contribution in [0.1, 0.15) is 53.5 Å². The Labute approximate surface area is 147 Å². The molecule has 0 aliphatic carbocycles. The van der Waals surface area contributed by atoms with E-state index in [0.717, 1.165) is 37.2 Å². The van der Waals surface area contributed by atoms with Gasteiger partial charge in [0, 0.05) is 18.8 Å². The molecule has 2 N–H and O–H groups in total. The fourth-order valence-corrected chi connectivity index (χ4v) is 2.99. The van der Waals surface area contributed by atoms with E-state index in [1.54, 1.807) is 0 Å². The zero-order chi connectivity index (χ0) is 17.8. The van der Waals surface area contributed by atoms with Crippen LogP contribution in [0, 0.1) is 5.92 Å². The van der Waals surface area contributed by atoms with Gasteiger partial charge in [-0.25, -0.2) is 4.98 Å². The van der Waals surface area contributed by atoms with E-state index in [4.69, 9.17) is 0 Å². The van der Waals surface area contributed by atoms with E-state index in [1.807, 2.05) is 48.7 Å². The Bertz CT molecular complexity index is 765. The lowest BCUT2D eigenvalue weighted by Crippen LogP contribution is -2.30. The average Bonchev–Trinajstić information content (AvgIpc) is 3.00. The minimum atomic E-state index is -0.264. The second-order valence-corrected chi connectivity index (χ2v) is 6.76. The third-order valence-corrected chi connectivity index (χ3v) is 4.24. The van der Waals surface area contributed by atoms with Crippen molar-refractivity contribution >= 4 is 17.5 Å². The molecule has 1 aromatic carbocycles. The summed E-state index contributed by atoms with van der Waals surface area (Å²) in [4.78, 5) is 29.6. The first-order valence-corrected chi connectivity index (χ1v) is 8.80. The molecular weight excluding hydrogens is 316 g/mol. The van der Waals surface area contributed by atoms with Gasteiger partial charge in [0.05, 0.1) is 5.69 Å². The van der Waals surface area contributed by atoms with Gasteiger partial charge in [0.2, 0.25) is 0 Å². The summed E-state index contributed by atoms with van der Waals surface area (Å²) >= 11 is 0. The Morgan fingerprint density at radius 2 is 1.92 bits per heavy atom. The molecule has 1 aliphatic rings. The van der Waals surface area contributed by atoms with Crippen molar-refractivity contribution in [2.24, 2.45) is 5.92 Å². The van der Waals surface area contributed by atoms with E-state index in [2.05, 4.69) is 15.6 Å². The average molecular weight is 340 g/mol. The van der Waals surface area contributed by atoms with E-state index in [-0.39, 0.29) is 11.8 Å². The van der Waals surface area contributed by atoms with Crippen LogP contribution in [0.2, 0.25) is 0 Å². The second-order valence-electron chi connectivity index (χ2n) is 6.76. The summed E-state index contributed by atoms with van der Waals surface area (Å²) in [6.45, 7) is 5.40. The third kappa shape index (κ3) is 3.90. The number of carbonyl (C=O) groups excluding carboxylic acids is 2. The highest BCUT2D eigenvalue weighted by atomic mass is 16.2. The number of anilines is 1. The van der Waals surface area contributed by atoms with Gasteiger partial charge in [0.15, 0.2) is 11.5 Å². The predicted molar refractivity (Wildman–Crippen MR) is 96.7 cm³/mol. The topological polar surface area (TPSA) is 76.0 Å². The van der Waals surface area contributed by atoms with Gasteiger partial charge in [-0.1, -0.05) is 32.0 Å².